The zero-order valence-corrected chi connectivity index (χ0v) is 26.7. The molecule has 1 aromatic heterocycles. The molecule has 3 rings (SSSR count). The summed E-state index contributed by atoms with van der Waals surface area (Å²) < 4.78 is 32.9. The van der Waals surface area contributed by atoms with Gasteiger partial charge in [0.1, 0.15) is 4.90 Å². The van der Waals surface area contributed by atoms with Gasteiger partial charge in [0, 0.05) is 43.7 Å². The number of nitrogens with zero attached hydrogens (tertiary/aromatic N) is 4. The highest BCUT2D eigenvalue weighted by atomic mass is 35.5. The van der Waals surface area contributed by atoms with Crippen molar-refractivity contribution in [3.63, 3.8) is 0 Å². The van der Waals surface area contributed by atoms with Gasteiger partial charge >= 0.3 is 0 Å². The van der Waals surface area contributed by atoms with Gasteiger partial charge < -0.3 is 24.8 Å². The average Bonchev–Trinajstić information content (AvgIpc) is 3.68. The van der Waals surface area contributed by atoms with Crippen molar-refractivity contribution in [1.82, 2.24) is 29.4 Å². The Bertz CT molecular complexity index is 1260. The standard InChI is InChI=1S/C28H42Cl2N6O5S/c1-22-24(29)9-10-25(28(22)30)42(39,40)36(16-17-41-2)20-26(37)32-19-27(38)35(15-7-8-23-18-31-21-33-23)14-6-5-13-34-11-3-4-12-34/h9-10,18,21H,3-8,11-17,19-20H2,1-2H3,(H,31,33)(H,32,37). The van der Waals surface area contributed by atoms with Crippen LogP contribution in [0.15, 0.2) is 29.6 Å². The van der Waals surface area contributed by atoms with Gasteiger partial charge in [-0.05, 0) is 82.8 Å². The van der Waals surface area contributed by atoms with E-state index in [1.165, 1.54) is 32.1 Å². The van der Waals surface area contributed by atoms with E-state index in [2.05, 4.69) is 20.2 Å². The van der Waals surface area contributed by atoms with Gasteiger partial charge in [0.15, 0.2) is 0 Å². The van der Waals surface area contributed by atoms with Crippen LogP contribution in [0.2, 0.25) is 10.0 Å². The number of amides is 2. The van der Waals surface area contributed by atoms with Crippen LogP contribution < -0.4 is 5.32 Å². The minimum Gasteiger partial charge on any atom is -0.383 e. The number of halogens is 2. The molecule has 2 aromatic rings. The number of ether oxygens (including phenoxy) is 1. The van der Waals surface area contributed by atoms with Crippen LogP contribution in [0.5, 0.6) is 0 Å². The first kappa shape index (κ1) is 34.3. The van der Waals surface area contributed by atoms with Gasteiger partial charge in [0.05, 0.1) is 31.0 Å². The van der Waals surface area contributed by atoms with Crippen LogP contribution in [-0.4, -0.2) is 110 Å². The normalized spacial score (nSPS) is 14.0. The lowest BCUT2D eigenvalue weighted by Gasteiger charge is -2.25. The molecule has 2 heterocycles. The van der Waals surface area contributed by atoms with E-state index in [-0.39, 0.29) is 35.5 Å². The summed E-state index contributed by atoms with van der Waals surface area (Å²) in [5.41, 5.74) is 1.42. The Morgan fingerprint density at radius 1 is 1.12 bits per heavy atom. The molecule has 0 atom stereocenters. The number of imidazole rings is 1. The lowest BCUT2D eigenvalue weighted by molar-refractivity contribution is -0.133. The molecule has 0 spiro atoms. The van der Waals surface area contributed by atoms with E-state index in [0.717, 1.165) is 55.3 Å². The molecule has 1 aliphatic rings. The topological polar surface area (TPSA) is 128 Å². The van der Waals surface area contributed by atoms with Gasteiger partial charge in [0.25, 0.3) is 0 Å². The number of unbranched alkanes of at least 4 members (excludes halogenated alkanes) is 1. The summed E-state index contributed by atoms with van der Waals surface area (Å²) in [6, 6.07) is 2.77. The first-order chi connectivity index (χ1) is 20.1. The number of carbonyl (C=O) groups excluding carboxylic acids is 2. The zero-order chi connectivity index (χ0) is 30.5. The summed E-state index contributed by atoms with van der Waals surface area (Å²) in [7, 11) is -2.71. The Hall–Kier alpha value is -2.22. The summed E-state index contributed by atoms with van der Waals surface area (Å²) in [5.74, 6) is -0.812. The van der Waals surface area contributed by atoms with Crippen LogP contribution in [-0.2, 0) is 30.8 Å². The van der Waals surface area contributed by atoms with E-state index in [1.54, 1.807) is 24.3 Å². The zero-order valence-electron chi connectivity index (χ0n) is 24.4. The number of nitrogens with one attached hydrogen (secondary N) is 2. The molecule has 0 radical (unpaired) electrons. The fourth-order valence-electron chi connectivity index (χ4n) is 4.84. The van der Waals surface area contributed by atoms with Crippen LogP contribution >= 0.6 is 23.2 Å². The molecule has 14 heteroatoms. The van der Waals surface area contributed by atoms with Gasteiger partial charge in [-0.3, -0.25) is 9.59 Å². The van der Waals surface area contributed by atoms with E-state index >= 15 is 0 Å². The van der Waals surface area contributed by atoms with Crippen molar-refractivity contribution in [1.29, 1.82) is 0 Å². The number of hydrogen-bond donors (Lipinski definition) is 2. The van der Waals surface area contributed by atoms with Gasteiger partial charge in [0.2, 0.25) is 21.8 Å². The maximum absolute atomic E-state index is 13.4. The van der Waals surface area contributed by atoms with E-state index in [0.29, 0.717) is 23.7 Å². The summed E-state index contributed by atoms with van der Waals surface area (Å²) in [6.07, 6.45) is 9.25. The first-order valence-electron chi connectivity index (χ1n) is 14.3. The number of rotatable bonds is 18. The van der Waals surface area contributed by atoms with Crippen molar-refractivity contribution in [2.75, 3.05) is 66.1 Å². The highest BCUT2D eigenvalue weighted by Crippen LogP contribution is 2.32. The van der Waals surface area contributed by atoms with Crippen LogP contribution in [0.3, 0.4) is 0 Å². The third-order valence-corrected chi connectivity index (χ3v) is 10.2. The number of aromatic nitrogens is 2. The maximum atomic E-state index is 13.4. The summed E-state index contributed by atoms with van der Waals surface area (Å²) in [4.78, 5) is 37.3. The molecule has 0 bridgehead atoms. The monoisotopic (exact) mass is 644 g/mol. The molecule has 42 heavy (non-hydrogen) atoms. The third kappa shape index (κ3) is 10.2. The molecular weight excluding hydrogens is 603 g/mol. The Labute approximate surface area is 258 Å². The summed E-state index contributed by atoms with van der Waals surface area (Å²) in [5, 5.41) is 2.95. The number of methoxy groups -OCH3 is 1. The first-order valence-corrected chi connectivity index (χ1v) is 16.5. The van der Waals surface area contributed by atoms with Crippen molar-refractivity contribution in [3.8, 4) is 0 Å². The van der Waals surface area contributed by atoms with Crippen molar-refractivity contribution < 1.29 is 22.7 Å². The van der Waals surface area contributed by atoms with Crippen LogP contribution in [0.4, 0.5) is 0 Å². The van der Waals surface area contributed by atoms with Gasteiger partial charge in [-0.15, -0.1) is 0 Å². The second kappa shape index (κ2) is 17.2. The van der Waals surface area contributed by atoms with Gasteiger partial charge in [-0.25, -0.2) is 13.4 Å². The van der Waals surface area contributed by atoms with Crippen molar-refractivity contribution in [2.24, 2.45) is 0 Å². The quantitative estimate of drug-likeness (QED) is 0.239. The second-order valence-corrected chi connectivity index (χ2v) is 13.1. The van der Waals surface area contributed by atoms with Gasteiger partial charge in [-0.2, -0.15) is 4.31 Å². The van der Waals surface area contributed by atoms with Crippen LogP contribution in [0, 0.1) is 6.92 Å². The number of H-pyrrole nitrogens is 1. The number of likely N-dealkylation sites (tertiary alicyclic amines) is 1. The molecule has 1 saturated heterocycles. The molecular formula is C28H42Cl2N6O5S. The lowest BCUT2D eigenvalue weighted by Crippen LogP contribution is -2.46. The van der Waals surface area contributed by atoms with E-state index in [4.69, 9.17) is 27.9 Å². The van der Waals surface area contributed by atoms with Crippen LogP contribution in [0.25, 0.3) is 0 Å². The Balaban J connectivity index is 1.58. The minimum absolute atomic E-state index is 0.00370. The van der Waals surface area contributed by atoms with Gasteiger partial charge in [-0.1, -0.05) is 23.2 Å². The highest BCUT2D eigenvalue weighted by molar-refractivity contribution is 7.89. The van der Waals surface area contributed by atoms with E-state index < -0.39 is 22.5 Å². The van der Waals surface area contributed by atoms with Crippen LogP contribution in [0.1, 0.15) is 43.4 Å². The predicted molar refractivity (Wildman–Crippen MR) is 163 cm³/mol. The molecule has 0 aliphatic carbocycles. The molecule has 1 aliphatic heterocycles. The average molecular weight is 646 g/mol. The maximum Gasteiger partial charge on any atom is 0.245 e. The number of carbonyl (C=O) groups is 2. The van der Waals surface area contributed by atoms with E-state index in [1.807, 2.05) is 0 Å². The molecule has 0 saturated carbocycles. The lowest BCUT2D eigenvalue weighted by atomic mass is 10.2. The Kier molecular flexibility index (Phi) is 14.0. The molecule has 1 aromatic carbocycles. The molecule has 2 N–H and O–H groups in total. The van der Waals surface area contributed by atoms with Crippen molar-refractivity contribution >= 4 is 45.0 Å². The highest BCUT2D eigenvalue weighted by Gasteiger charge is 2.30. The number of hydrogen-bond acceptors (Lipinski definition) is 7. The predicted octanol–water partition coefficient (Wildman–Crippen LogP) is 3.12. The van der Waals surface area contributed by atoms with E-state index in [9.17, 15) is 18.0 Å². The Morgan fingerprint density at radius 2 is 1.86 bits per heavy atom. The molecule has 1 fully saturated rings. The second-order valence-electron chi connectivity index (χ2n) is 10.4. The summed E-state index contributed by atoms with van der Waals surface area (Å²) in [6.45, 7) is 5.32. The molecule has 234 valence electrons. The SMILES string of the molecule is COCCN(CC(=O)NCC(=O)N(CCCCN1CCCC1)CCCc1cnc[nH]1)S(=O)(=O)c1ccc(Cl)c(C)c1Cl. The fourth-order valence-corrected chi connectivity index (χ4v) is 7.00. The van der Waals surface area contributed by atoms with Crippen molar-refractivity contribution in [3.05, 3.63) is 46.0 Å². The number of sulfonamides is 1. The molecule has 0 unspecified atom stereocenters. The Morgan fingerprint density at radius 3 is 2.55 bits per heavy atom. The number of aromatic amines is 1. The number of benzene rings is 1. The summed E-state index contributed by atoms with van der Waals surface area (Å²) >= 11 is 12.4. The fraction of sp³-hybridized carbons (Fsp3) is 0.607. The smallest absolute Gasteiger partial charge is 0.245 e. The number of aryl methyl sites for hydroxylation is 1. The molecule has 2 amide bonds. The molecule has 11 nitrogen and oxygen atoms in total. The minimum atomic E-state index is -4.15. The van der Waals surface area contributed by atoms with Crippen molar-refractivity contribution in [2.45, 2.75) is 50.3 Å². The third-order valence-electron chi connectivity index (χ3n) is 7.34. The largest absolute Gasteiger partial charge is 0.383 e.